The van der Waals surface area contributed by atoms with E-state index in [1.165, 1.54) is 12.8 Å². The zero-order valence-corrected chi connectivity index (χ0v) is 29.5. The van der Waals surface area contributed by atoms with Gasteiger partial charge in [0.05, 0.1) is 27.7 Å². The van der Waals surface area contributed by atoms with Crippen molar-refractivity contribution in [3.8, 4) is 0 Å². The number of phosphoric acid groups is 1. The van der Waals surface area contributed by atoms with Crippen molar-refractivity contribution in [3.05, 3.63) is 72.9 Å². The fourth-order valence-corrected chi connectivity index (χ4v) is 4.58. The van der Waals surface area contributed by atoms with Crippen LogP contribution in [0.4, 0.5) is 0 Å². The molecule has 0 saturated heterocycles. The summed E-state index contributed by atoms with van der Waals surface area (Å²) in [7, 11) is 1.54. The first-order chi connectivity index (χ1) is 21.6. The van der Waals surface area contributed by atoms with Crippen molar-refractivity contribution < 1.29 is 37.6 Å². The van der Waals surface area contributed by atoms with E-state index in [9.17, 15) is 19.4 Å². The number of hydrogen-bond acceptors (Lipinski definition) is 6. The number of carbonyl (C=O) groups excluding carboxylic acids is 1. The third-order valence-electron chi connectivity index (χ3n) is 6.48. The van der Waals surface area contributed by atoms with Crippen molar-refractivity contribution >= 4 is 13.8 Å². The number of hydrogen-bond donors (Lipinski definition) is 2. The smallest absolute Gasteiger partial charge is 0.463 e. The van der Waals surface area contributed by atoms with Crippen molar-refractivity contribution in [2.75, 3.05) is 47.5 Å². The van der Waals surface area contributed by atoms with Gasteiger partial charge in [-0.2, -0.15) is 0 Å². The Kier molecular flexibility index (Phi) is 28.0. The highest BCUT2D eigenvalue weighted by Crippen LogP contribution is 2.43. The molecule has 2 atom stereocenters. The number of unbranched alkanes of at least 4 members (excludes halogenated alkanes) is 6. The first kappa shape index (κ1) is 42.9. The fraction of sp³-hybridized carbons (Fsp3) is 0.639. The Morgan fingerprint density at radius 2 is 1.16 bits per heavy atom. The normalized spacial score (nSPS) is 15.1. The van der Waals surface area contributed by atoms with E-state index < -0.39 is 26.5 Å². The SMILES string of the molecule is CC/C=C\C/C=C\C/C=C\C/C=C\C/C=C\C/C=C\CCCCCCCCC(=O)OCC(O)COP(=O)(O)OCC[N+](C)(C)C. The quantitative estimate of drug-likeness (QED) is 0.0274. The Labute approximate surface area is 274 Å². The maximum atomic E-state index is 11.9. The van der Waals surface area contributed by atoms with Crippen molar-refractivity contribution in [2.45, 2.75) is 103 Å². The topological polar surface area (TPSA) is 102 Å². The van der Waals surface area contributed by atoms with Gasteiger partial charge in [-0.05, 0) is 57.8 Å². The van der Waals surface area contributed by atoms with E-state index in [0.29, 0.717) is 17.4 Å². The van der Waals surface area contributed by atoms with Gasteiger partial charge in [-0.1, -0.05) is 106 Å². The number of quaternary nitrogens is 1. The van der Waals surface area contributed by atoms with Gasteiger partial charge in [-0.3, -0.25) is 13.8 Å². The molecule has 0 amide bonds. The Bertz CT molecular complexity index is 948. The van der Waals surface area contributed by atoms with E-state index in [1.807, 2.05) is 21.1 Å². The molecule has 2 unspecified atom stereocenters. The molecule has 2 N–H and O–H groups in total. The van der Waals surface area contributed by atoms with Crippen LogP contribution in [0.25, 0.3) is 0 Å². The van der Waals surface area contributed by atoms with Crippen LogP contribution in [0.1, 0.15) is 96.8 Å². The lowest BCUT2D eigenvalue weighted by Crippen LogP contribution is -2.37. The average molecular weight is 653 g/mol. The second-order valence-electron chi connectivity index (χ2n) is 12.0. The van der Waals surface area contributed by atoms with Crippen molar-refractivity contribution in [1.29, 1.82) is 0 Å². The average Bonchev–Trinajstić information content (AvgIpc) is 2.98. The van der Waals surface area contributed by atoms with Gasteiger partial charge in [0.15, 0.2) is 0 Å². The third kappa shape index (κ3) is 34.7. The van der Waals surface area contributed by atoms with E-state index in [2.05, 4.69) is 79.8 Å². The van der Waals surface area contributed by atoms with Crippen molar-refractivity contribution in [2.24, 2.45) is 0 Å². The number of rotatable bonds is 29. The molecule has 0 aromatic carbocycles. The van der Waals surface area contributed by atoms with Gasteiger partial charge in [0.25, 0.3) is 0 Å². The third-order valence-corrected chi connectivity index (χ3v) is 7.47. The maximum Gasteiger partial charge on any atom is 0.472 e. The number of aliphatic hydroxyl groups is 1. The van der Waals surface area contributed by atoms with Crippen LogP contribution in [0, 0.1) is 0 Å². The molecule has 0 fully saturated rings. The molecule has 0 aromatic rings. The minimum atomic E-state index is -4.26. The van der Waals surface area contributed by atoms with Gasteiger partial charge in [0.1, 0.15) is 25.9 Å². The Hall–Kier alpha value is -2.06. The predicted octanol–water partition coefficient (Wildman–Crippen LogP) is 8.55. The highest BCUT2D eigenvalue weighted by atomic mass is 31.2. The summed E-state index contributed by atoms with van der Waals surface area (Å²) in [6.07, 6.45) is 39.1. The molecule has 0 aliphatic carbocycles. The summed E-state index contributed by atoms with van der Waals surface area (Å²) in [5.41, 5.74) is 0. The number of phosphoric ester groups is 1. The molecule has 0 radical (unpaired) electrons. The van der Waals surface area contributed by atoms with Gasteiger partial charge in [-0.15, -0.1) is 0 Å². The summed E-state index contributed by atoms with van der Waals surface area (Å²) in [5, 5.41) is 9.87. The highest BCUT2D eigenvalue weighted by Gasteiger charge is 2.24. The number of aliphatic hydroxyl groups excluding tert-OH is 1. The summed E-state index contributed by atoms with van der Waals surface area (Å²) >= 11 is 0. The van der Waals surface area contributed by atoms with Crippen LogP contribution in [-0.2, 0) is 23.1 Å². The molecule has 0 rings (SSSR count). The van der Waals surface area contributed by atoms with E-state index >= 15 is 0 Å². The lowest BCUT2D eigenvalue weighted by atomic mass is 10.1. The van der Waals surface area contributed by atoms with Gasteiger partial charge in [-0.25, -0.2) is 4.57 Å². The standard InChI is InChI=1S/C36H62NO7P/c1-5-6-7-8-9-10-11-12-13-14-15-16-17-18-19-20-21-22-23-24-25-26-27-28-29-30-36(39)42-33-35(38)34-44-45(40,41)43-32-31-37(2,3)4/h6-7,9-10,12-13,15-16,18-19,21-22,35,38H,5,8,11,14,17,20,23-34H2,1-4H3/p+1/b7-6-,10-9-,13-12-,16-15-,19-18-,22-21-. The molecule has 0 bridgehead atoms. The molecule has 0 saturated carbocycles. The highest BCUT2D eigenvalue weighted by molar-refractivity contribution is 7.47. The number of allylic oxidation sites excluding steroid dienone is 12. The molecule has 0 aromatic heterocycles. The van der Waals surface area contributed by atoms with E-state index in [1.54, 1.807) is 0 Å². The van der Waals surface area contributed by atoms with Gasteiger partial charge >= 0.3 is 13.8 Å². The van der Waals surface area contributed by atoms with Crippen LogP contribution in [0.15, 0.2) is 72.9 Å². The molecular weight excluding hydrogens is 589 g/mol. The van der Waals surface area contributed by atoms with Crippen LogP contribution in [0.3, 0.4) is 0 Å². The first-order valence-corrected chi connectivity index (χ1v) is 18.2. The maximum absolute atomic E-state index is 11.9. The molecule has 9 heteroatoms. The lowest BCUT2D eigenvalue weighted by molar-refractivity contribution is -0.870. The summed E-state index contributed by atoms with van der Waals surface area (Å²) in [5.74, 6) is -0.391. The van der Waals surface area contributed by atoms with Crippen molar-refractivity contribution in [1.82, 2.24) is 0 Å². The number of carbonyl (C=O) groups is 1. The molecule has 0 aliphatic rings. The largest absolute Gasteiger partial charge is 0.472 e. The Morgan fingerprint density at radius 1 is 0.689 bits per heavy atom. The number of likely N-dealkylation sites (N-methyl/N-ethyl adjacent to an activating group) is 1. The number of ether oxygens (including phenoxy) is 1. The first-order valence-electron chi connectivity index (χ1n) is 16.7. The van der Waals surface area contributed by atoms with Crippen LogP contribution < -0.4 is 0 Å². The second kappa shape index (κ2) is 29.3. The predicted molar refractivity (Wildman–Crippen MR) is 187 cm³/mol. The molecule has 258 valence electrons. The van der Waals surface area contributed by atoms with E-state index in [-0.39, 0.29) is 13.2 Å². The van der Waals surface area contributed by atoms with Crippen LogP contribution >= 0.6 is 7.82 Å². The van der Waals surface area contributed by atoms with Gasteiger partial charge < -0.3 is 19.2 Å². The molecule has 45 heavy (non-hydrogen) atoms. The van der Waals surface area contributed by atoms with Crippen LogP contribution in [0.2, 0.25) is 0 Å². The Morgan fingerprint density at radius 3 is 1.67 bits per heavy atom. The second-order valence-corrected chi connectivity index (χ2v) is 13.5. The summed E-state index contributed by atoms with van der Waals surface area (Å²) in [6, 6.07) is 0. The minimum absolute atomic E-state index is 0.0475. The number of nitrogens with zero attached hydrogens (tertiary/aromatic N) is 1. The summed E-state index contributed by atoms with van der Waals surface area (Å²) in [4.78, 5) is 21.6. The minimum Gasteiger partial charge on any atom is -0.463 e. The lowest BCUT2D eigenvalue weighted by Gasteiger charge is -2.24. The summed E-state index contributed by atoms with van der Waals surface area (Å²) < 4.78 is 27.1. The van der Waals surface area contributed by atoms with Crippen molar-refractivity contribution in [3.63, 3.8) is 0 Å². The zero-order valence-electron chi connectivity index (χ0n) is 28.6. The molecule has 0 spiro atoms. The fourth-order valence-electron chi connectivity index (χ4n) is 3.84. The molecule has 0 heterocycles. The van der Waals surface area contributed by atoms with Gasteiger partial charge in [0.2, 0.25) is 0 Å². The summed E-state index contributed by atoms with van der Waals surface area (Å²) in [6.45, 7) is 1.99. The van der Waals surface area contributed by atoms with Crippen LogP contribution in [0.5, 0.6) is 0 Å². The van der Waals surface area contributed by atoms with E-state index in [4.69, 9.17) is 13.8 Å². The molecule has 0 aliphatic heterocycles. The van der Waals surface area contributed by atoms with Gasteiger partial charge in [0, 0.05) is 6.42 Å². The zero-order chi connectivity index (χ0) is 33.5. The molecule has 8 nitrogen and oxygen atoms in total. The number of esters is 1. The van der Waals surface area contributed by atoms with E-state index in [0.717, 1.165) is 70.6 Å². The monoisotopic (exact) mass is 652 g/mol. The Balaban J connectivity index is 3.62. The van der Waals surface area contributed by atoms with Crippen LogP contribution in [-0.4, -0.2) is 74.1 Å². The molecular formula is C36H63NO7P+.